The van der Waals surface area contributed by atoms with E-state index < -0.39 is 6.09 Å². The summed E-state index contributed by atoms with van der Waals surface area (Å²) in [4.78, 5) is 40.2. The SMILES string of the molecule is CC(C)n1nccc1-n1cnnc1-c1cccc(N2Cc3c(cc(N4CCC[C@H]4C)nc3CN(C)C(=O)O)C2=O)n1. The zero-order valence-corrected chi connectivity index (χ0v) is 23.5. The molecule has 6 heterocycles. The molecule has 0 bridgehead atoms. The monoisotopic (exact) mass is 556 g/mol. The van der Waals surface area contributed by atoms with Gasteiger partial charge in [-0.1, -0.05) is 6.07 Å². The Bertz CT molecular complexity index is 1630. The van der Waals surface area contributed by atoms with E-state index in [1.165, 1.54) is 11.9 Å². The van der Waals surface area contributed by atoms with Gasteiger partial charge in [-0.25, -0.2) is 19.4 Å². The molecule has 0 aliphatic carbocycles. The van der Waals surface area contributed by atoms with Crippen molar-refractivity contribution in [3.63, 3.8) is 0 Å². The predicted molar refractivity (Wildman–Crippen MR) is 151 cm³/mol. The van der Waals surface area contributed by atoms with Crippen molar-refractivity contribution in [1.29, 1.82) is 0 Å². The van der Waals surface area contributed by atoms with E-state index in [0.29, 0.717) is 40.5 Å². The molecule has 0 unspecified atom stereocenters. The van der Waals surface area contributed by atoms with E-state index in [1.54, 1.807) is 23.5 Å². The summed E-state index contributed by atoms with van der Waals surface area (Å²) >= 11 is 0. The molecule has 13 nitrogen and oxygen atoms in total. The van der Waals surface area contributed by atoms with Crippen LogP contribution in [0.1, 0.15) is 61.3 Å². The highest BCUT2D eigenvalue weighted by Crippen LogP contribution is 2.34. The van der Waals surface area contributed by atoms with Crippen molar-refractivity contribution in [3.8, 4) is 17.3 Å². The lowest BCUT2D eigenvalue weighted by Gasteiger charge is -2.24. The van der Waals surface area contributed by atoms with Crippen LogP contribution in [0.25, 0.3) is 17.3 Å². The molecule has 1 N–H and O–H groups in total. The second-order valence-electron chi connectivity index (χ2n) is 10.8. The number of rotatable bonds is 7. The molecule has 4 aromatic heterocycles. The lowest BCUT2D eigenvalue weighted by molar-refractivity contribution is 0.0996. The molecular weight excluding hydrogens is 524 g/mol. The zero-order valence-electron chi connectivity index (χ0n) is 23.5. The van der Waals surface area contributed by atoms with Gasteiger partial charge in [-0.05, 0) is 51.8 Å². The largest absolute Gasteiger partial charge is 0.465 e. The summed E-state index contributed by atoms with van der Waals surface area (Å²) in [5, 5.41) is 22.4. The zero-order chi connectivity index (χ0) is 28.8. The Labute approximate surface area is 237 Å². The van der Waals surface area contributed by atoms with Crippen LogP contribution in [0.2, 0.25) is 0 Å². The third kappa shape index (κ3) is 4.66. The standard InChI is InChI=1S/C28H32N10O3/c1-17(2)38-25(10-11-30-38)37-16-29-33-26(37)21-8-5-9-23(31-21)36-14-20-19(27(36)39)13-24(35-12-6-7-18(35)3)32-22(20)15-34(4)28(40)41/h5,8-11,13,16-18H,6-7,12,14-15H2,1-4H3,(H,40,41)/t18-/m1/s1. The number of hydrogen-bond acceptors (Lipinski definition) is 8. The molecule has 2 aliphatic heterocycles. The molecule has 0 radical (unpaired) electrons. The van der Waals surface area contributed by atoms with Crippen molar-refractivity contribution in [1.82, 2.24) is 39.4 Å². The van der Waals surface area contributed by atoms with E-state index in [-0.39, 0.29) is 25.0 Å². The van der Waals surface area contributed by atoms with Crippen molar-refractivity contribution in [3.05, 3.63) is 59.7 Å². The molecule has 0 aromatic carbocycles. The fourth-order valence-corrected chi connectivity index (χ4v) is 5.55. The fourth-order valence-electron chi connectivity index (χ4n) is 5.55. The molecule has 0 spiro atoms. The Kier molecular flexibility index (Phi) is 6.64. The number of aromatic nitrogens is 7. The average Bonchev–Trinajstić information content (AvgIpc) is 3.75. The molecule has 1 fully saturated rings. The van der Waals surface area contributed by atoms with Gasteiger partial charge in [0.05, 0.1) is 30.5 Å². The van der Waals surface area contributed by atoms with Crippen molar-refractivity contribution >= 4 is 23.6 Å². The highest BCUT2D eigenvalue weighted by molar-refractivity contribution is 6.10. The number of carbonyl (C=O) groups excluding carboxylic acids is 1. The molecule has 212 valence electrons. The van der Waals surface area contributed by atoms with Gasteiger partial charge in [-0.15, -0.1) is 10.2 Å². The van der Waals surface area contributed by atoms with Crippen LogP contribution in [0.3, 0.4) is 0 Å². The summed E-state index contributed by atoms with van der Waals surface area (Å²) in [6.45, 7) is 7.39. The minimum absolute atomic E-state index is 0.0783. The van der Waals surface area contributed by atoms with E-state index >= 15 is 0 Å². The third-order valence-corrected chi connectivity index (χ3v) is 7.72. The van der Waals surface area contributed by atoms with Crippen LogP contribution in [-0.2, 0) is 13.1 Å². The van der Waals surface area contributed by atoms with Gasteiger partial charge >= 0.3 is 6.09 Å². The normalized spacial score (nSPS) is 16.6. The second-order valence-corrected chi connectivity index (χ2v) is 10.8. The summed E-state index contributed by atoms with van der Waals surface area (Å²) < 4.78 is 3.70. The van der Waals surface area contributed by atoms with Gasteiger partial charge in [0.15, 0.2) is 5.82 Å². The fraction of sp³-hybridized carbons (Fsp3) is 0.393. The first-order valence-electron chi connectivity index (χ1n) is 13.7. The van der Waals surface area contributed by atoms with Crippen LogP contribution >= 0.6 is 0 Å². The van der Waals surface area contributed by atoms with Crippen LogP contribution in [-0.4, -0.2) is 76.2 Å². The Hall–Kier alpha value is -4.81. The molecule has 13 heteroatoms. The summed E-state index contributed by atoms with van der Waals surface area (Å²) in [5.74, 6) is 2.30. The van der Waals surface area contributed by atoms with Gasteiger partial charge in [0, 0.05) is 37.3 Å². The minimum atomic E-state index is -1.06. The second kappa shape index (κ2) is 10.3. The number of hydrogen-bond donors (Lipinski definition) is 1. The average molecular weight is 557 g/mol. The smallest absolute Gasteiger partial charge is 0.407 e. The van der Waals surface area contributed by atoms with Gasteiger partial charge in [-0.2, -0.15) is 5.10 Å². The minimum Gasteiger partial charge on any atom is -0.465 e. The van der Waals surface area contributed by atoms with Crippen LogP contribution in [0, 0.1) is 0 Å². The van der Waals surface area contributed by atoms with Crippen molar-refractivity contribution in [2.75, 3.05) is 23.4 Å². The molecular formula is C28H32N10O3. The van der Waals surface area contributed by atoms with Crippen LogP contribution in [0.4, 0.5) is 16.4 Å². The van der Waals surface area contributed by atoms with Crippen molar-refractivity contribution < 1.29 is 14.7 Å². The maximum absolute atomic E-state index is 13.9. The quantitative estimate of drug-likeness (QED) is 0.360. The van der Waals surface area contributed by atoms with E-state index in [2.05, 4.69) is 27.1 Å². The van der Waals surface area contributed by atoms with Crippen LogP contribution < -0.4 is 9.80 Å². The summed E-state index contributed by atoms with van der Waals surface area (Å²) in [5.41, 5.74) is 2.37. The van der Waals surface area contributed by atoms with Gasteiger partial charge in [0.1, 0.15) is 29.5 Å². The molecule has 6 rings (SSSR count). The molecule has 41 heavy (non-hydrogen) atoms. The van der Waals surface area contributed by atoms with Gasteiger partial charge < -0.3 is 14.9 Å². The van der Waals surface area contributed by atoms with Crippen LogP contribution in [0.15, 0.2) is 42.9 Å². The number of pyridine rings is 2. The first-order chi connectivity index (χ1) is 19.7. The molecule has 4 aromatic rings. The lowest BCUT2D eigenvalue weighted by Crippen LogP contribution is -2.29. The first-order valence-corrected chi connectivity index (χ1v) is 13.7. The molecule has 0 saturated carbocycles. The Morgan fingerprint density at radius 3 is 2.76 bits per heavy atom. The number of amides is 2. The molecule has 2 aliphatic rings. The van der Waals surface area contributed by atoms with Crippen molar-refractivity contribution in [2.24, 2.45) is 0 Å². The van der Waals surface area contributed by atoms with Crippen LogP contribution in [0.5, 0.6) is 0 Å². The summed E-state index contributed by atoms with van der Waals surface area (Å²) in [7, 11) is 1.50. The predicted octanol–water partition coefficient (Wildman–Crippen LogP) is 3.76. The van der Waals surface area contributed by atoms with Crippen molar-refractivity contribution in [2.45, 2.75) is 58.8 Å². The third-order valence-electron chi connectivity index (χ3n) is 7.72. The maximum atomic E-state index is 13.9. The summed E-state index contributed by atoms with van der Waals surface area (Å²) in [6, 6.07) is 9.60. The summed E-state index contributed by atoms with van der Waals surface area (Å²) in [6.07, 6.45) is 4.38. The van der Waals surface area contributed by atoms with E-state index in [1.807, 2.05) is 47.4 Å². The Balaban J connectivity index is 1.37. The number of nitrogens with zero attached hydrogens (tertiary/aromatic N) is 10. The maximum Gasteiger partial charge on any atom is 0.407 e. The van der Waals surface area contributed by atoms with E-state index in [4.69, 9.17) is 9.97 Å². The molecule has 1 saturated heterocycles. The number of fused-ring (bicyclic) bond motifs is 1. The number of anilines is 2. The number of carbonyl (C=O) groups is 2. The van der Waals surface area contributed by atoms with Gasteiger partial charge in [0.2, 0.25) is 0 Å². The Morgan fingerprint density at radius 2 is 2.02 bits per heavy atom. The number of carboxylic acid groups (broad SMARTS) is 1. The Morgan fingerprint density at radius 1 is 1.20 bits per heavy atom. The molecule has 1 atom stereocenters. The lowest BCUT2D eigenvalue weighted by atomic mass is 10.1. The van der Waals surface area contributed by atoms with E-state index in [0.717, 1.165) is 30.8 Å². The first kappa shape index (κ1) is 26.4. The van der Waals surface area contributed by atoms with E-state index in [9.17, 15) is 14.7 Å². The highest BCUT2D eigenvalue weighted by Gasteiger charge is 2.35. The highest BCUT2D eigenvalue weighted by atomic mass is 16.4. The van der Waals surface area contributed by atoms with Gasteiger partial charge in [0.25, 0.3) is 5.91 Å². The topological polar surface area (TPSA) is 138 Å². The molecule has 2 amide bonds. The van der Waals surface area contributed by atoms with Gasteiger partial charge in [-0.3, -0.25) is 14.3 Å².